The van der Waals surface area contributed by atoms with Crippen molar-refractivity contribution in [3.63, 3.8) is 0 Å². The average molecular weight is 219 g/mol. The second-order valence-corrected chi connectivity index (χ2v) is 2.78. The van der Waals surface area contributed by atoms with Gasteiger partial charge >= 0.3 is 0 Å². The van der Waals surface area contributed by atoms with Gasteiger partial charge in [0.15, 0.2) is 0 Å². The van der Waals surface area contributed by atoms with Gasteiger partial charge in [0.2, 0.25) is 5.88 Å². The highest BCUT2D eigenvalue weighted by Gasteiger charge is 2.05. The van der Waals surface area contributed by atoms with Crippen molar-refractivity contribution in [2.24, 2.45) is 7.05 Å². The highest BCUT2D eigenvalue weighted by Crippen LogP contribution is 2.14. The summed E-state index contributed by atoms with van der Waals surface area (Å²) in [4.78, 5) is 15.0. The first-order valence-electron chi connectivity index (χ1n) is 2.92. The number of aromatic nitrogens is 2. The van der Waals surface area contributed by atoms with Crippen molar-refractivity contribution in [3.05, 3.63) is 21.2 Å². The van der Waals surface area contributed by atoms with Crippen LogP contribution in [0.3, 0.4) is 0 Å². The van der Waals surface area contributed by atoms with Gasteiger partial charge in [-0.15, -0.1) is 0 Å². The summed E-state index contributed by atoms with van der Waals surface area (Å²) in [5, 5.41) is 0. The molecule has 0 bridgehead atoms. The zero-order valence-corrected chi connectivity index (χ0v) is 7.75. The minimum Gasteiger partial charge on any atom is -0.480 e. The Morgan fingerprint density at radius 3 is 2.91 bits per heavy atom. The molecule has 1 rings (SSSR count). The SMILES string of the molecule is COc1ncn(C)c(=O)c1Br. The third-order valence-electron chi connectivity index (χ3n) is 1.24. The van der Waals surface area contributed by atoms with Crippen molar-refractivity contribution < 1.29 is 4.74 Å². The van der Waals surface area contributed by atoms with Crippen molar-refractivity contribution in [2.45, 2.75) is 0 Å². The highest BCUT2D eigenvalue weighted by atomic mass is 79.9. The summed E-state index contributed by atoms with van der Waals surface area (Å²) in [5.74, 6) is 0.313. The Bertz CT molecular complexity index is 321. The molecule has 4 nitrogen and oxygen atoms in total. The fraction of sp³-hybridized carbons (Fsp3) is 0.333. The molecule has 0 fully saturated rings. The molecule has 1 aromatic heterocycles. The molecule has 0 aliphatic rings. The van der Waals surface area contributed by atoms with Crippen LogP contribution >= 0.6 is 15.9 Å². The summed E-state index contributed by atoms with van der Waals surface area (Å²) in [5.41, 5.74) is -0.156. The molecule has 1 aromatic rings. The van der Waals surface area contributed by atoms with Gasteiger partial charge in [-0.25, -0.2) is 4.98 Å². The Morgan fingerprint density at radius 2 is 2.36 bits per heavy atom. The number of nitrogens with zero attached hydrogens (tertiary/aromatic N) is 2. The van der Waals surface area contributed by atoms with Gasteiger partial charge in [0, 0.05) is 7.05 Å². The van der Waals surface area contributed by atoms with Crippen LogP contribution < -0.4 is 10.3 Å². The topological polar surface area (TPSA) is 44.1 Å². The molecule has 0 N–H and O–H groups in total. The summed E-state index contributed by atoms with van der Waals surface area (Å²) in [7, 11) is 3.09. The first-order chi connectivity index (χ1) is 5.16. The first-order valence-corrected chi connectivity index (χ1v) is 3.71. The average Bonchev–Trinajstić information content (AvgIpc) is 2.01. The number of methoxy groups -OCH3 is 1. The lowest BCUT2D eigenvalue weighted by molar-refractivity contribution is 0.391. The van der Waals surface area contributed by atoms with Gasteiger partial charge < -0.3 is 9.30 Å². The predicted molar refractivity (Wildman–Crippen MR) is 43.7 cm³/mol. The van der Waals surface area contributed by atoms with E-state index in [0.29, 0.717) is 10.4 Å². The molecular weight excluding hydrogens is 212 g/mol. The van der Waals surface area contributed by atoms with Gasteiger partial charge in [-0.05, 0) is 15.9 Å². The van der Waals surface area contributed by atoms with Crippen molar-refractivity contribution >= 4 is 15.9 Å². The fourth-order valence-electron chi connectivity index (χ4n) is 0.637. The Hall–Kier alpha value is -0.840. The Kier molecular flexibility index (Phi) is 2.28. The summed E-state index contributed by atoms with van der Waals surface area (Å²) in [6.07, 6.45) is 1.41. The van der Waals surface area contributed by atoms with Crippen LogP contribution in [0.4, 0.5) is 0 Å². The van der Waals surface area contributed by atoms with Crippen LogP contribution in [-0.4, -0.2) is 16.7 Å². The molecular formula is C6H7BrN2O2. The lowest BCUT2D eigenvalue weighted by Gasteiger charge is -2.01. The van der Waals surface area contributed by atoms with Crippen molar-refractivity contribution in [1.82, 2.24) is 9.55 Å². The number of aryl methyl sites for hydroxylation is 1. The lowest BCUT2D eigenvalue weighted by Crippen LogP contribution is -2.18. The fourth-order valence-corrected chi connectivity index (χ4v) is 1.18. The molecule has 0 aliphatic heterocycles. The van der Waals surface area contributed by atoms with E-state index in [9.17, 15) is 4.79 Å². The molecule has 0 amide bonds. The number of halogens is 1. The Labute approximate surface area is 72.0 Å². The van der Waals surface area contributed by atoms with E-state index in [-0.39, 0.29) is 5.56 Å². The zero-order valence-electron chi connectivity index (χ0n) is 6.17. The van der Waals surface area contributed by atoms with Crippen LogP contribution in [0.1, 0.15) is 0 Å². The second kappa shape index (κ2) is 3.04. The van der Waals surface area contributed by atoms with Gasteiger partial charge in [-0.1, -0.05) is 0 Å². The molecule has 0 spiro atoms. The van der Waals surface area contributed by atoms with E-state index in [0.717, 1.165) is 0 Å². The minimum atomic E-state index is -0.156. The Morgan fingerprint density at radius 1 is 1.73 bits per heavy atom. The quantitative estimate of drug-likeness (QED) is 0.692. The van der Waals surface area contributed by atoms with E-state index >= 15 is 0 Å². The molecule has 0 aromatic carbocycles. The number of rotatable bonds is 1. The summed E-state index contributed by atoms with van der Waals surface area (Å²) >= 11 is 3.07. The van der Waals surface area contributed by atoms with Crippen LogP contribution in [0.25, 0.3) is 0 Å². The third-order valence-corrected chi connectivity index (χ3v) is 1.92. The molecule has 0 saturated heterocycles. The van der Waals surface area contributed by atoms with Crippen LogP contribution in [0, 0.1) is 0 Å². The number of ether oxygens (including phenoxy) is 1. The molecule has 60 valence electrons. The Balaban J connectivity index is 3.37. The smallest absolute Gasteiger partial charge is 0.271 e. The van der Waals surface area contributed by atoms with Gasteiger partial charge in [-0.3, -0.25) is 4.79 Å². The zero-order chi connectivity index (χ0) is 8.43. The number of hydrogen-bond acceptors (Lipinski definition) is 3. The summed E-state index contributed by atoms with van der Waals surface area (Å²) < 4.78 is 6.53. The lowest BCUT2D eigenvalue weighted by atomic mass is 10.6. The van der Waals surface area contributed by atoms with Crippen molar-refractivity contribution in [2.75, 3.05) is 7.11 Å². The molecule has 0 atom stereocenters. The van der Waals surface area contributed by atoms with Gasteiger partial charge in [0.1, 0.15) is 10.8 Å². The monoisotopic (exact) mass is 218 g/mol. The molecule has 5 heteroatoms. The second-order valence-electron chi connectivity index (χ2n) is 1.98. The summed E-state index contributed by atoms with van der Waals surface area (Å²) in [6.45, 7) is 0. The van der Waals surface area contributed by atoms with Crippen molar-refractivity contribution in [1.29, 1.82) is 0 Å². The van der Waals surface area contributed by atoms with E-state index < -0.39 is 0 Å². The normalized spacial score (nSPS) is 9.73. The van der Waals surface area contributed by atoms with E-state index in [1.54, 1.807) is 7.05 Å². The van der Waals surface area contributed by atoms with Gasteiger partial charge in [0.05, 0.1) is 7.11 Å². The third kappa shape index (κ3) is 1.42. The van der Waals surface area contributed by atoms with E-state index in [2.05, 4.69) is 20.9 Å². The molecule has 0 saturated carbocycles. The maximum absolute atomic E-state index is 11.1. The van der Waals surface area contributed by atoms with Crippen molar-refractivity contribution in [3.8, 4) is 5.88 Å². The van der Waals surface area contributed by atoms with Gasteiger partial charge in [0.25, 0.3) is 5.56 Å². The van der Waals surface area contributed by atoms with Gasteiger partial charge in [-0.2, -0.15) is 0 Å². The van der Waals surface area contributed by atoms with Crippen LogP contribution in [-0.2, 0) is 7.05 Å². The largest absolute Gasteiger partial charge is 0.480 e. The molecule has 0 radical (unpaired) electrons. The maximum atomic E-state index is 11.1. The summed E-state index contributed by atoms with van der Waals surface area (Å²) in [6, 6.07) is 0. The highest BCUT2D eigenvalue weighted by molar-refractivity contribution is 9.10. The molecule has 0 unspecified atom stereocenters. The first kappa shape index (κ1) is 8.26. The molecule has 1 heterocycles. The van der Waals surface area contributed by atoms with Crippen LogP contribution in [0.2, 0.25) is 0 Å². The van der Waals surface area contributed by atoms with Crippen LogP contribution in [0.15, 0.2) is 15.6 Å². The van der Waals surface area contributed by atoms with E-state index in [1.807, 2.05) is 0 Å². The standard InChI is InChI=1S/C6H7BrN2O2/c1-9-3-8-5(11-2)4(7)6(9)10/h3H,1-2H3. The van der Waals surface area contributed by atoms with E-state index in [1.165, 1.54) is 18.0 Å². The molecule has 0 aliphatic carbocycles. The predicted octanol–water partition coefficient (Wildman–Crippen LogP) is 0.551. The van der Waals surface area contributed by atoms with Crippen LogP contribution in [0.5, 0.6) is 5.88 Å². The molecule has 11 heavy (non-hydrogen) atoms. The van der Waals surface area contributed by atoms with E-state index in [4.69, 9.17) is 4.74 Å². The maximum Gasteiger partial charge on any atom is 0.271 e. The minimum absolute atomic E-state index is 0.156. The number of hydrogen-bond donors (Lipinski definition) is 0.